The first kappa shape index (κ1) is 20.6. The summed E-state index contributed by atoms with van der Waals surface area (Å²) in [6, 6.07) is 9.27. The van der Waals surface area contributed by atoms with E-state index in [1.54, 1.807) is 29.2 Å². The highest BCUT2D eigenvalue weighted by atomic mass is 32.2. The summed E-state index contributed by atoms with van der Waals surface area (Å²) in [7, 11) is -3.31. The van der Waals surface area contributed by atoms with E-state index in [0.717, 1.165) is 5.56 Å². The van der Waals surface area contributed by atoms with E-state index < -0.39 is 10.0 Å². The molecular weight excluding hydrogens is 409 g/mol. The molecule has 1 N–H and O–H groups in total. The average Bonchev–Trinajstić information content (AvgIpc) is 3.58. The Morgan fingerprint density at radius 3 is 2.40 bits per heavy atom. The zero-order valence-electron chi connectivity index (χ0n) is 16.5. The van der Waals surface area contributed by atoms with Gasteiger partial charge < -0.3 is 9.64 Å². The summed E-state index contributed by atoms with van der Waals surface area (Å²) < 4.78 is 45.3. The maximum Gasteiger partial charge on any atom is 0.235 e. The third kappa shape index (κ3) is 5.27. The molecule has 30 heavy (non-hydrogen) atoms. The van der Waals surface area contributed by atoms with Gasteiger partial charge in [0.1, 0.15) is 11.9 Å². The molecule has 160 valence electrons. The second kappa shape index (κ2) is 8.59. The van der Waals surface area contributed by atoms with E-state index in [1.807, 2.05) is 0 Å². The van der Waals surface area contributed by atoms with Gasteiger partial charge >= 0.3 is 0 Å². The number of nitrogens with zero attached hydrogens (tertiary/aromatic N) is 2. The summed E-state index contributed by atoms with van der Waals surface area (Å²) >= 11 is 0. The molecule has 1 saturated heterocycles. The quantitative estimate of drug-likeness (QED) is 0.725. The van der Waals surface area contributed by atoms with Crippen LogP contribution in [0, 0.1) is 5.82 Å². The molecule has 0 bridgehead atoms. The first-order valence-electron chi connectivity index (χ1n) is 10.1. The van der Waals surface area contributed by atoms with Gasteiger partial charge in [-0.1, -0.05) is 12.1 Å². The molecule has 9 heteroatoms. The minimum atomic E-state index is -3.31. The van der Waals surface area contributed by atoms with Gasteiger partial charge in [-0.3, -0.25) is 9.52 Å². The van der Waals surface area contributed by atoms with Crippen molar-refractivity contribution in [2.24, 2.45) is 0 Å². The Kier molecular flexibility index (Phi) is 5.90. The van der Waals surface area contributed by atoms with Crippen LogP contribution in [0.2, 0.25) is 0 Å². The Labute approximate surface area is 175 Å². The predicted molar refractivity (Wildman–Crippen MR) is 110 cm³/mol. The van der Waals surface area contributed by atoms with Gasteiger partial charge in [0.15, 0.2) is 0 Å². The van der Waals surface area contributed by atoms with Gasteiger partial charge in [0.25, 0.3) is 0 Å². The Hall–Kier alpha value is -2.68. The Morgan fingerprint density at radius 2 is 1.80 bits per heavy atom. The first-order valence-corrected chi connectivity index (χ1v) is 11.6. The molecule has 4 rings (SSSR count). The Balaban J connectivity index is 1.24. The molecule has 1 aliphatic heterocycles. The number of sulfonamides is 1. The first-order chi connectivity index (χ1) is 14.4. The number of hydrogen-bond donors (Lipinski definition) is 1. The van der Waals surface area contributed by atoms with Crippen molar-refractivity contribution in [1.29, 1.82) is 0 Å². The van der Waals surface area contributed by atoms with Gasteiger partial charge in [-0.25, -0.2) is 17.8 Å². The van der Waals surface area contributed by atoms with E-state index in [0.29, 0.717) is 50.3 Å². The molecule has 2 heterocycles. The number of piperidine rings is 1. The molecule has 1 aliphatic carbocycles. The van der Waals surface area contributed by atoms with Crippen LogP contribution in [-0.2, 0) is 21.2 Å². The molecule has 2 aromatic rings. The number of rotatable bonds is 7. The fourth-order valence-corrected chi connectivity index (χ4v) is 4.79. The van der Waals surface area contributed by atoms with Gasteiger partial charge in [-0.05, 0) is 36.6 Å². The molecule has 1 amide bonds. The van der Waals surface area contributed by atoms with Crippen molar-refractivity contribution in [2.45, 2.75) is 43.5 Å². The maximum atomic E-state index is 13.0. The normalized spacial score (nSPS) is 17.6. The number of amides is 1. The fraction of sp³-hybridized carbons (Fsp3) is 0.429. The molecule has 2 aliphatic rings. The second-order valence-corrected chi connectivity index (χ2v) is 9.69. The number of ether oxygens (including phenoxy) is 1. The SMILES string of the molecule is O=C(Cc1ccc(F)cc1)N1CCC(Oc2ccc(NS(=O)(=O)C3CC3)cn2)CC1. The minimum Gasteiger partial charge on any atom is -0.474 e. The third-order valence-electron chi connectivity index (χ3n) is 5.31. The minimum absolute atomic E-state index is 0.0190. The van der Waals surface area contributed by atoms with Crippen LogP contribution in [0.15, 0.2) is 42.6 Å². The molecule has 0 spiro atoms. The lowest BCUT2D eigenvalue weighted by atomic mass is 10.1. The third-order valence-corrected chi connectivity index (χ3v) is 7.18. The number of likely N-dealkylation sites (tertiary alicyclic amines) is 1. The molecule has 0 atom stereocenters. The maximum absolute atomic E-state index is 13.0. The number of benzene rings is 1. The molecule has 2 fully saturated rings. The number of nitrogens with one attached hydrogen (secondary N) is 1. The van der Waals surface area contributed by atoms with Crippen molar-refractivity contribution in [2.75, 3.05) is 17.8 Å². The zero-order valence-corrected chi connectivity index (χ0v) is 17.3. The lowest BCUT2D eigenvalue weighted by Crippen LogP contribution is -2.42. The number of pyridine rings is 1. The Bertz CT molecular complexity index is 984. The van der Waals surface area contributed by atoms with Gasteiger partial charge in [-0.15, -0.1) is 0 Å². The van der Waals surface area contributed by atoms with E-state index in [4.69, 9.17) is 4.74 Å². The van der Waals surface area contributed by atoms with Crippen molar-refractivity contribution >= 4 is 21.6 Å². The largest absolute Gasteiger partial charge is 0.474 e. The van der Waals surface area contributed by atoms with Gasteiger partial charge in [0.05, 0.1) is 23.6 Å². The molecular formula is C21H24FN3O4S. The number of carbonyl (C=O) groups is 1. The summed E-state index contributed by atoms with van der Waals surface area (Å²) in [6.45, 7) is 1.17. The smallest absolute Gasteiger partial charge is 0.235 e. The average molecular weight is 434 g/mol. The monoisotopic (exact) mass is 433 g/mol. The van der Waals surface area contributed by atoms with Crippen molar-refractivity contribution in [1.82, 2.24) is 9.88 Å². The number of anilines is 1. The topological polar surface area (TPSA) is 88.6 Å². The summed E-state index contributed by atoms with van der Waals surface area (Å²) in [5.74, 6) is 0.136. The molecule has 0 radical (unpaired) electrons. The van der Waals surface area contributed by atoms with Crippen LogP contribution in [-0.4, -0.2) is 48.7 Å². The van der Waals surface area contributed by atoms with Crippen LogP contribution >= 0.6 is 0 Å². The van der Waals surface area contributed by atoms with Crippen LogP contribution in [0.4, 0.5) is 10.1 Å². The van der Waals surface area contributed by atoms with Crippen LogP contribution in [0.25, 0.3) is 0 Å². The van der Waals surface area contributed by atoms with Gasteiger partial charge in [0, 0.05) is 32.0 Å². The highest BCUT2D eigenvalue weighted by molar-refractivity contribution is 7.93. The molecule has 7 nitrogen and oxygen atoms in total. The number of halogens is 1. The number of aromatic nitrogens is 1. The van der Waals surface area contributed by atoms with Crippen molar-refractivity contribution in [3.8, 4) is 5.88 Å². The van der Waals surface area contributed by atoms with Crippen LogP contribution < -0.4 is 9.46 Å². The molecule has 0 unspecified atom stereocenters. The molecule has 1 aromatic carbocycles. The summed E-state index contributed by atoms with van der Waals surface area (Å²) in [6.07, 6.45) is 4.44. The highest BCUT2D eigenvalue weighted by Gasteiger charge is 2.35. The second-order valence-electron chi connectivity index (χ2n) is 7.73. The standard InChI is InChI=1S/C21H24FN3O4S/c22-16-3-1-15(2-4-16)13-21(26)25-11-9-18(10-12-25)29-20-8-5-17(14-23-20)24-30(27,28)19-6-7-19/h1-5,8,14,18-19,24H,6-7,9-13H2. The molecule has 1 aromatic heterocycles. The van der Waals surface area contributed by atoms with E-state index in [-0.39, 0.29) is 29.5 Å². The van der Waals surface area contributed by atoms with Crippen molar-refractivity contribution < 1.29 is 22.3 Å². The lowest BCUT2D eigenvalue weighted by Gasteiger charge is -2.32. The van der Waals surface area contributed by atoms with Crippen molar-refractivity contribution in [3.63, 3.8) is 0 Å². The van der Waals surface area contributed by atoms with Crippen LogP contribution in [0.1, 0.15) is 31.2 Å². The van der Waals surface area contributed by atoms with E-state index in [1.165, 1.54) is 18.3 Å². The van der Waals surface area contributed by atoms with Gasteiger partial charge in [0.2, 0.25) is 21.8 Å². The zero-order chi connectivity index (χ0) is 21.1. The summed E-state index contributed by atoms with van der Waals surface area (Å²) in [5, 5.41) is -0.288. The predicted octanol–water partition coefficient (Wildman–Crippen LogP) is 2.74. The van der Waals surface area contributed by atoms with E-state index in [9.17, 15) is 17.6 Å². The highest BCUT2D eigenvalue weighted by Crippen LogP contribution is 2.29. The van der Waals surface area contributed by atoms with E-state index >= 15 is 0 Å². The van der Waals surface area contributed by atoms with Crippen LogP contribution in [0.5, 0.6) is 5.88 Å². The van der Waals surface area contributed by atoms with Gasteiger partial charge in [-0.2, -0.15) is 0 Å². The number of carbonyl (C=O) groups excluding carboxylic acids is 1. The summed E-state index contributed by atoms with van der Waals surface area (Å²) in [5.41, 5.74) is 1.22. The lowest BCUT2D eigenvalue weighted by molar-refractivity contribution is -0.132. The Morgan fingerprint density at radius 1 is 1.10 bits per heavy atom. The van der Waals surface area contributed by atoms with Crippen molar-refractivity contribution in [3.05, 3.63) is 54.0 Å². The fourth-order valence-electron chi connectivity index (χ4n) is 3.42. The molecule has 1 saturated carbocycles. The number of hydrogen-bond acceptors (Lipinski definition) is 5. The van der Waals surface area contributed by atoms with Crippen LogP contribution in [0.3, 0.4) is 0 Å². The summed E-state index contributed by atoms with van der Waals surface area (Å²) in [4.78, 5) is 18.4. The van der Waals surface area contributed by atoms with E-state index in [2.05, 4.69) is 9.71 Å².